The Bertz CT molecular complexity index is 674. The fraction of sp³-hybridized carbons (Fsp3) is 0.375. The quantitative estimate of drug-likeness (QED) is 0.924. The molecule has 0 atom stereocenters. The van der Waals surface area contributed by atoms with E-state index in [2.05, 4.69) is 10.3 Å². The first kappa shape index (κ1) is 15.2. The van der Waals surface area contributed by atoms with Gasteiger partial charge >= 0.3 is 5.97 Å². The number of carboxylic acid groups (broad SMARTS) is 1. The van der Waals surface area contributed by atoms with Gasteiger partial charge in [-0.25, -0.2) is 4.79 Å². The largest absolute Gasteiger partial charge is 0.478 e. The molecule has 1 fully saturated rings. The molecule has 3 rings (SSSR count). The van der Waals surface area contributed by atoms with Crippen molar-refractivity contribution < 1.29 is 14.7 Å². The number of amides is 1. The van der Waals surface area contributed by atoms with Gasteiger partial charge in [0.2, 0.25) is 0 Å². The van der Waals surface area contributed by atoms with Crippen molar-refractivity contribution in [2.75, 3.05) is 13.1 Å². The zero-order valence-corrected chi connectivity index (χ0v) is 12.6. The van der Waals surface area contributed by atoms with Crippen molar-refractivity contribution in [2.45, 2.75) is 19.4 Å². The van der Waals surface area contributed by atoms with Gasteiger partial charge in [-0.3, -0.25) is 9.48 Å². The Morgan fingerprint density at radius 2 is 1.78 bits per heavy atom. The zero-order chi connectivity index (χ0) is 16.2. The lowest BCUT2D eigenvalue weighted by Crippen LogP contribution is -2.39. The maximum atomic E-state index is 12.5. The number of aromatic nitrogens is 3. The Kier molecular flexibility index (Phi) is 4.36. The van der Waals surface area contributed by atoms with Gasteiger partial charge in [-0.1, -0.05) is 5.21 Å². The molecule has 7 heteroatoms. The number of rotatable bonds is 4. The predicted molar refractivity (Wildman–Crippen MR) is 82.1 cm³/mol. The smallest absolute Gasteiger partial charge is 0.335 e. The maximum absolute atomic E-state index is 12.5. The fourth-order valence-electron chi connectivity index (χ4n) is 2.85. The number of carbonyl (C=O) groups is 2. The van der Waals surface area contributed by atoms with E-state index in [0.717, 1.165) is 19.4 Å². The van der Waals surface area contributed by atoms with Crippen LogP contribution in [0.15, 0.2) is 36.7 Å². The third kappa shape index (κ3) is 3.56. The topological polar surface area (TPSA) is 88.3 Å². The summed E-state index contributed by atoms with van der Waals surface area (Å²) in [6.45, 7) is 2.24. The Balaban J connectivity index is 1.56. The second-order valence-corrected chi connectivity index (χ2v) is 5.74. The summed E-state index contributed by atoms with van der Waals surface area (Å²) in [6.07, 6.45) is 5.37. The summed E-state index contributed by atoms with van der Waals surface area (Å²) in [6, 6.07) is 6.08. The Morgan fingerprint density at radius 3 is 2.35 bits per heavy atom. The molecule has 2 aromatic rings. The number of hydrogen-bond donors (Lipinski definition) is 1. The third-order valence-electron chi connectivity index (χ3n) is 4.20. The van der Waals surface area contributed by atoms with Gasteiger partial charge in [0, 0.05) is 31.4 Å². The van der Waals surface area contributed by atoms with Crippen molar-refractivity contribution in [2.24, 2.45) is 5.92 Å². The first-order chi connectivity index (χ1) is 11.1. The third-order valence-corrected chi connectivity index (χ3v) is 4.20. The summed E-state index contributed by atoms with van der Waals surface area (Å²) in [5.74, 6) is -0.533. The molecule has 1 aliphatic rings. The number of hydrogen-bond acceptors (Lipinski definition) is 4. The summed E-state index contributed by atoms with van der Waals surface area (Å²) in [5, 5.41) is 16.7. The highest BCUT2D eigenvalue weighted by atomic mass is 16.4. The van der Waals surface area contributed by atoms with E-state index in [1.807, 2.05) is 15.8 Å². The highest BCUT2D eigenvalue weighted by molar-refractivity contribution is 5.95. The van der Waals surface area contributed by atoms with Crippen molar-refractivity contribution in [3.63, 3.8) is 0 Å². The minimum absolute atomic E-state index is 0.0406. The molecule has 120 valence electrons. The molecule has 0 aliphatic carbocycles. The first-order valence-corrected chi connectivity index (χ1v) is 7.60. The standard InChI is InChI=1S/C16H18N4O3/c21-15(13-1-3-14(4-2-13)16(22)23)19-8-5-12(6-9-19)11-20-10-7-17-18-20/h1-4,7,10,12H,5-6,8-9,11H2,(H,22,23). The van der Waals surface area contributed by atoms with Gasteiger partial charge in [0.25, 0.3) is 5.91 Å². The SMILES string of the molecule is O=C(O)c1ccc(C(=O)N2CCC(Cn3ccnn3)CC2)cc1. The molecule has 0 radical (unpaired) electrons. The van der Waals surface area contributed by atoms with E-state index >= 15 is 0 Å². The predicted octanol–water partition coefficient (Wildman–Crippen LogP) is 1.53. The van der Waals surface area contributed by atoms with Crippen molar-refractivity contribution in [3.8, 4) is 0 Å². The van der Waals surface area contributed by atoms with E-state index in [-0.39, 0.29) is 11.5 Å². The highest BCUT2D eigenvalue weighted by Gasteiger charge is 2.24. The molecule has 1 N–H and O–H groups in total. The summed E-state index contributed by atoms with van der Waals surface area (Å²) in [7, 11) is 0. The summed E-state index contributed by atoms with van der Waals surface area (Å²) in [4.78, 5) is 25.1. The van der Waals surface area contributed by atoms with Gasteiger partial charge in [0.1, 0.15) is 0 Å². The van der Waals surface area contributed by atoms with Crippen molar-refractivity contribution in [3.05, 3.63) is 47.8 Å². The minimum atomic E-state index is -0.988. The van der Waals surface area contributed by atoms with Crippen molar-refractivity contribution in [1.82, 2.24) is 19.9 Å². The molecule has 23 heavy (non-hydrogen) atoms. The van der Waals surface area contributed by atoms with E-state index in [4.69, 9.17) is 5.11 Å². The van der Waals surface area contributed by atoms with Crippen molar-refractivity contribution in [1.29, 1.82) is 0 Å². The summed E-state index contributed by atoms with van der Waals surface area (Å²) < 4.78 is 1.83. The van der Waals surface area contributed by atoms with Crippen LogP contribution in [0.4, 0.5) is 0 Å². The van der Waals surface area contributed by atoms with Gasteiger partial charge in [-0.2, -0.15) is 0 Å². The second-order valence-electron chi connectivity index (χ2n) is 5.74. The first-order valence-electron chi connectivity index (χ1n) is 7.60. The Morgan fingerprint density at radius 1 is 1.13 bits per heavy atom. The molecule has 2 heterocycles. The number of carboxylic acids is 1. The Labute approximate surface area is 133 Å². The van der Waals surface area contributed by atoms with E-state index in [9.17, 15) is 9.59 Å². The molecule has 0 spiro atoms. The van der Waals surface area contributed by atoms with E-state index in [0.29, 0.717) is 24.6 Å². The monoisotopic (exact) mass is 314 g/mol. The lowest BCUT2D eigenvalue weighted by molar-refractivity contribution is 0.0673. The molecule has 0 unspecified atom stereocenters. The molecule has 0 bridgehead atoms. The number of aromatic carboxylic acids is 1. The van der Waals surface area contributed by atoms with Crippen LogP contribution in [0.3, 0.4) is 0 Å². The van der Waals surface area contributed by atoms with Crippen LogP contribution in [0.5, 0.6) is 0 Å². The molecule has 1 saturated heterocycles. The van der Waals surface area contributed by atoms with Crippen LogP contribution < -0.4 is 0 Å². The van der Waals surface area contributed by atoms with Crippen molar-refractivity contribution >= 4 is 11.9 Å². The lowest BCUT2D eigenvalue weighted by Gasteiger charge is -2.32. The molecule has 1 aromatic carbocycles. The number of nitrogens with zero attached hydrogens (tertiary/aromatic N) is 4. The van der Waals surface area contributed by atoms with Crippen LogP contribution in [0.1, 0.15) is 33.6 Å². The van der Waals surface area contributed by atoms with E-state index < -0.39 is 5.97 Å². The van der Waals surface area contributed by atoms with Crippen LogP contribution in [0.2, 0.25) is 0 Å². The molecule has 1 aliphatic heterocycles. The van der Waals surface area contributed by atoms with E-state index in [1.54, 1.807) is 18.3 Å². The normalized spacial score (nSPS) is 15.6. The lowest BCUT2D eigenvalue weighted by atomic mass is 9.96. The van der Waals surface area contributed by atoms with Gasteiger partial charge in [-0.05, 0) is 43.0 Å². The summed E-state index contributed by atoms with van der Waals surface area (Å²) >= 11 is 0. The molecule has 0 saturated carbocycles. The highest BCUT2D eigenvalue weighted by Crippen LogP contribution is 2.20. The average molecular weight is 314 g/mol. The Hall–Kier alpha value is -2.70. The molecular weight excluding hydrogens is 296 g/mol. The molecule has 7 nitrogen and oxygen atoms in total. The number of piperidine rings is 1. The number of likely N-dealkylation sites (tertiary alicyclic amines) is 1. The van der Waals surface area contributed by atoms with Crippen LogP contribution in [0, 0.1) is 5.92 Å². The van der Waals surface area contributed by atoms with Gasteiger partial charge in [-0.15, -0.1) is 5.10 Å². The van der Waals surface area contributed by atoms with Crippen LogP contribution in [0.25, 0.3) is 0 Å². The summed E-state index contributed by atoms with van der Waals surface area (Å²) in [5.41, 5.74) is 0.720. The van der Waals surface area contributed by atoms with E-state index in [1.165, 1.54) is 12.1 Å². The molecular formula is C16H18N4O3. The van der Waals surface area contributed by atoms with Gasteiger partial charge < -0.3 is 10.0 Å². The minimum Gasteiger partial charge on any atom is -0.478 e. The number of carbonyl (C=O) groups excluding carboxylic acids is 1. The van der Waals surface area contributed by atoms with Crippen LogP contribution in [-0.2, 0) is 6.54 Å². The van der Waals surface area contributed by atoms with Crippen LogP contribution >= 0.6 is 0 Å². The fourth-order valence-corrected chi connectivity index (χ4v) is 2.85. The zero-order valence-electron chi connectivity index (χ0n) is 12.6. The molecule has 1 aromatic heterocycles. The van der Waals surface area contributed by atoms with Gasteiger partial charge in [0.15, 0.2) is 0 Å². The van der Waals surface area contributed by atoms with Crippen LogP contribution in [-0.4, -0.2) is 50.0 Å². The maximum Gasteiger partial charge on any atom is 0.335 e. The second kappa shape index (κ2) is 6.60. The average Bonchev–Trinajstić information content (AvgIpc) is 3.08. The van der Waals surface area contributed by atoms with Gasteiger partial charge in [0.05, 0.1) is 11.8 Å². The molecule has 1 amide bonds. The number of benzene rings is 1.